The van der Waals surface area contributed by atoms with E-state index in [4.69, 9.17) is 4.79 Å². The second-order valence-electron chi connectivity index (χ2n) is 0.659. The Morgan fingerprint density at radius 3 is 1.43 bits per heavy atom. The molecule has 0 bridgehead atoms. The molecule has 7 heavy (non-hydrogen) atoms. The van der Waals surface area contributed by atoms with Crippen LogP contribution in [0.2, 0.25) is 0 Å². The Morgan fingerprint density at radius 1 is 1.29 bits per heavy atom. The molecule has 0 aliphatic heterocycles. The zero-order chi connectivity index (χ0) is 5.21. The number of halogens is 3. The van der Waals surface area contributed by atoms with Crippen LogP contribution in [0.3, 0.4) is 0 Å². The van der Waals surface area contributed by atoms with Crippen molar-refractivity contribution in [2.24, 2.45) is 0 Å². The van der Waals surface area contributed by atoms with Crippen molar-refractivity contribution < 1.29 is 44.2 Å². The second kappa shape index (κ2) is 3.36. The average molecular weight is 189 g/mol. The fourth-order valence-electron chi connectivity index (χ4n) is 0. The predicted octanol–water partition coefficient (Wildman–Crippen LogP) is 0.745. The third-order valence-electron chi connectivity index (χ3n) is 0.134. The first-order valence-corrected chi connectivity index (χ1v) is 1.09. The van der Waals surface area contributed by atoms with Crippen LogP contribution in [-0.4, -0.2) is 12.5 Å². The molecule has 0 fully saturated rings. The van der Waals surface area contributed by atoms with Crippen molar-refractivity contribution in [3.8, 4) is 0 Å². The number of carbonyl (C=O) groups is 1. The molecule has 40 valence electrons. The summed E-state index contributed by atoms with van der Waals surface area (Å²) in [5.74, 6) is 0. The number of rotatable bonds is 0. The fourth-order valence-corrected chi connectivity index (χ4v) is 0. The quantitative estimate of drug-likeness (QED) is 0.514. The summed E-state index contributed by atoms with van der Waals surface area (Å²) < 4.78 is 31.2. The summed E-state index contributed by atoms with van der Waals surface area (Å²) in [4.78, 5) is 8.70. The van der Waals surface area contributed by atoms with Gasteiger partial charge in [-0.3, -0.25) is 4.79 Å². The number of carbonyl (C=O) groups excluding carboxylic acids is 1. The van der Waals surface area contributed by atoms with Gasteiger partial charge in [-0.05, 0) is 0 Å². The normalized spacial score (nSPS) is 9.57. The topological polar surface area (TPSA) is 17.1 Å². The van der Waals surface area contributed by atoms with Gasteiger partial charge in [-0.1, -0.05) is 0 Å². The molecule has 0 aliphatic rings. The van der Waals surface area contributed by atoms with Crippen molar-refractivity contribution in [1.29, 1.82) is 0 Å². The Kier molecular flexibility index (Phi) is 4.97. The monoisotopic (exact) mass is 188 g/mol. The van der Waals surface area contributed by atoms with Crippen LogP contribution in [0.25, 0.3) is 0 Å². The van der Waals surface area contributed by atoms with E-state index in [9.17, 15) is 13.2 Å². The van der Waals surface area contributed by atoms with Gasteiger partial charge in [0, 0.05) is 26.2 Å². The van der Waals surface area contributed by atoms with Gasteiger partial charge in [0.25, 0.3) is 0 Å². The number of alkyl halides is 3. The molecule has 0 heterocycles. The Bertz CT molecular complexity index is 58.4. The van der Waals surface area contributed by atoms with Crippen molar-refractivity contribution in [3.05, 3.63) is 0 Å². The van der Waals surface area contributed by atoms with E-state index in [0.717, 1.165) is 0 Å². The second-order valence-corrected chi connectivity index (χ2v) is 0.659. The van der Waals surface area contributed by atoms with Crippen molar-refractivity contribution in [3.63, 3.8) is 0 Å². The molecule has 0 aliphatic carbocycles. The van der Waals surface area contributed by atoms with Crippen LogP contribution in [-0.2, 0) is 31.0 Å². The Labute approximate surface area is 57.0 Å². The van der Waals surface area contributed by atoms with Gasteiger partial charge in [-0.25, -0.2) is 0 Å². The molecule has 0 N–H and O–H groups in total. The van der Waals surface area contributed by atoms with E-state index in [1.165, 1.54) is 0 Å². The molecule has 0 rings (SSSR count). The van der Waals surface area contributed by atoms with Crippen LogP contribution in [0, 0.1) is 0 Å². The van der Waals surface area contributed by atoms with E-state index in [1.54, 1.807) is 0 Å². The van der Waals surface area contributed by atoms with E-state index < -0.39 is 12.5 Å². The van der Waals surface area contributed by atoms with E-state index >= 15 is 0 Å². The molecule has 0 atom stereocenters. The molecular formula is C2HF3OZr. The number of hydrogen-bond acceptors (Lipinski definition) is 1. The minimum atomic E-state index is -4.64. The van der Waals surface area contributed by atoms with Gasteiger partial charge in [0.05, 0.1) is 0 Å². The molecule has 0 aromatic heterocycles. The Hall–Kier alpha value is 0.343. The summed E-state index contributed by atoms with van der Waals surface area (Å²) in [5.41, 5.74) is 0. The van der Waals surface area contributed by atoms with Gasteiger partial charge in [0.1, 0.15) is 0 Å². The first-order chi connectivity index (χ1) is 2.56. The zero-order valence-corrected chi connectivity index (χ0v) is 5.58. The minimum Gasteiger partial charge on any atom is -0.293 e. The van der Waals surface area contributed by atoms with Crippen LogP contribution >= 0.6 is 0 Å². The van der Waals surface area contributed by atoms with Crippen LogP contribution in [0.1, 0.15) is 0 Å². The van der Waals surface area contributed by atoms with E-state index in [-0.39, 0.29) is 26.2 Å². The summed E-state index contributed by atoms with van der Waals surface area (Å²) in [5, 5.41) is 0. The first-order valence-electron chi connectivity index (χ1n) is 1.09. The Balaban J connectivity index is 0. The summed E-state index contributed by atoms with van der Waals surface area (Å²) in [6.07, 6.45) is -5.70. The molecule has 5 heteroatoms. The minimum absolute atomic E-state index is 0. The molecular weight excluding hydrogens is 188 g/mol. The van der Waals surface area contributed by atoms with Crippen LogP contribution in [0.15, 0.2) is 0 Å². The van der Waals surface area contributed by atoms with Crippen molar-refractivity contribution in [2.75, 3.05) is 0 Å². The van der Waals surface area contributed by atoms with Crippen LogP contribution in [0.4, 0.5) is 13.2 Å². The molecule has 0 saturated heterocycles. The molecule has 1 nitrogen and oxygen atoms in total. The van der Waals surface area contributed by atoms with Crippen molar-refractivity contribution in [1.82, 2.24) is 0 Å². The first kappa shape index (κ1) is 10.3. The fraction of sp³-hybridized carbons (Fsp3) is 0.500. The molecule has 0 radical (unpaired) electrons. The van der Waals surface area contributed by atoms with Crippen LogP contribution in [0.5, 0.6) is 0 Å². The maximum atomic E-state index is 10.4. The maximum Gasteiger partial charge on any atom is 0.446 e. The SMILES string of the molecule is O=CC(F)(F)F.[Zr]. The van der Waals surface area contributed by atoms with Crippen LogP contribution < -0.4 is 0 Å². The van der Waals surface area contributed by atoms with Gasteiger partial charge >= 0.3 is 6.18 Å². The van der Waals surface area contributed by atoms with Gasteiger partial charge in [-0.15, -0.1) is 0 Å². The smallest absolute Gasteiger partial charge is 0.293 e. The molecule has 0 unspecified atom stereocenters. The largest absolute Gasteiger partial charge is 0.446 e. The number of aldehydes is 1. The molecule has 0 amide bonds. The third-order valence-corrected chi connectivity index (χ3v) is 0.134. The summed E-state index contributed by atoms with van der Waals surface area (Å²) in [6.45, 7) is 0. The maximum absolute atomic E-state index is 10.4. The zero-order valence-electron chi connectivity index (χ0n) is 3.12. The summed E-state index contributed by atoms with van der Waals surface area (Å²) in [7, 11) is 0. The molecule has 0 aromatic rings. The molecule has 0 aromatic carbocycles. The predicted molar refractivity (Wildman–Crippen MR) is 12.1 cm³/mol. The van der Waals surface area contributed by atoms with E-state index in [1.807, 2.05) is 0 Å². The van der Waals surface area contributed by atoms with Gasteiger partial charge in [0.15, 0.2) is 0 Å². The Morgan fingerprint density at radius 2 is 1.43 bits per heavy atom. The van der Waals surface area contributed by atoms with Crippen molar-refractivity contribution >= 4 is 6.29 Å². The van der Waals surface area contributed by atoms with E-state index in [2.05, 4.69) is 0 Å². The molecule has 0 spiro atoms. The molecule has 0 saturated carbocycles. The van der Waals surface area contributed by atoms with Gasteiger partial charge in [-0.2, -0.15) is 13.2 Å². The average Bonchev–Trinajstić information content (AvgIpc) is 1.35. The van der Waals surface area contributed by atoms with Crippen molar-refractivity contribution in [2.45, 2.75) is 6.18 Å². The third kappa shape index (κ3) is 10.7. The van der Waals surface area contributed by atoms with Gasteiger partial charge in [0.2, 0.25) is 6.29 Å². The number of hydrogen-bond donors (Lipinski definition) is 0. The summed E-state index contributed by atoms with van der Waals surface area (Å²) in [6, 6.07) is 0. The summed E-state index contributed by atoms with van der Waals surface area (Å²) >= 11 is 0. The van der Waals surface area contributed by atoms with Gasteiger partial charge < -0.3 is 0 Å². The standard InChI is InChI=1S/C2HF3O.Zr/c3-2(4,5)1-6;/h1H;. The van der Waals surface area contributed by atoms with E-state index in [0.29, 0.717) is 0 Å².